The average Bonchev–Trinajstić information content (AvgIpc) is 2.83. The number of ether oxygens (including phenoxy) is 2. The van der Waals surface area contributed by atoms with E-state index in [1.54, 1.807) is 48.5 Å². The Bertz CT molecular complexity index is 1200. The number of nitriles is 1. The van der Waals surface area contributed by atoms with Gasteiger partial charge in [0.25, 0.3) is 5.91 Å². The Morgan fingerprint density at radius 2 is 1.73 bits per heavy atom. The van der Waals surface area contributed by atoms with E-state index in [-0.39, 0.29) is 34.0 Å². The molecule has 0 radical (unpaired) electrons. The molecule has 0 saturated carbocycles. The number of rotatable bonds is 8. The van der Waals surface area contributed by atoms with E-state index < -0.39 is 0 Å². The molecule has 3 aromatic carbocycles. The van der Waals surface area contributed by atoms with Gasteiger partial charge in [0.05, 0.1) is 21.7 Å². The molecule has 3 rings (SSSR count). The monoisotopic (exact) mass is 483 g/mol. The zero-order valence-electron chi connectivity index (χ0n) is 17.8. The number of nitrogens with one attached hydrogen (secondary N) is 1. The van der Waals surface area contributed by atoms with Crippen molar-refractivity contribution >= 4 is 34.8 Å². The Hall–Kier alpha value is -3.73. The molecule has 1 amide bonds. The second-order valence-corrected chi connectivity index (χ2v) is 7.42. The highest BCUT2D eigenvalue weighted by molar-refractivity contribution is 6.45. The topological polar surface area (TPSA) is 92.9 Å². The fourth-order valence-corrected chi connectivity index (χ4v) is 3.44. The van der Waals surface area contributed by atoms with Crippen LogP contribution in [0.3, 0.4) is 0 Å². The molecule has 0 saturated heterocycles. The highest BCUT2D eigenvalue weighted by atomic mass is 35.5. The first-order valence-electron chi connectivity index (χ1n) is 9.68. The van der Waals surface area contributed by atoms with E-state index in [1.807, 2.05) is 18.2 Å². The summed E-state index contributed by atoms with van der Waals surface area (Å²) >= 11 is 12.8. The molecule has 33 heavy (non-hydrogen) atoms. The molecule has 0 unspecified atom stereocenters. The summed E-state index contributed by atoms with van der Waals surface area (Å²) in [6.07, 6.45) is 0. The molecule has 0 aliphatic rings. The van der Waals surface area contributed by atoms with Gasteiger partial charge in [-0.15, -0.1) is 0 Å². The van der Waals surface area contributed by atoms with Crippen LogP contribution < -0.4 is 14.8 Å². The maximum atomic E-state index is 12.2. The quantitative estimate of drug-likeness (QED) is 0.345. The summed E-state index contributed by atoms with van der Waals surface area (Å²) in [5, 5.41) is 15.8. The van der Waals surface area contributed by atoms with E-state index in [0.717, 1.165) is 0 Å². The van der Waals surface area contributed by atoms with Crippen LogP contribution in [0, 0.1) is 11.3 Å². The van der Waals surface area contributed by atoms with Crippen molar-refractivity contribution in [3.05, 3.63) is 87.4 Å². The third-order valence-corrected chi connectivity index (χ3v) is 5.03. The largest absolute Gasteiger partial charge is 0.489 e. The molecule has 0 heterocycles. The van der Waals surface area contributed by atoms with Crippen LogP contribution in [0.2, 0.25) is 10.0 Å². The van der Waals surface area contributed by atoms with Crippen LogP contribution in [0.4, 0.5) is 0 Å². The summed E-state index contributed by atoms with van der Waals surface area (Å²) in [7, 11) is 2.88. The molecule has 3 aromatic rings. The van der Waals surface area contributed by atoms with Gasteiger partial charge >= 0.3 is 0 Å². The van der Waals surface area contributed by atoms with Crippen molar-refractivity contribution in [2.75, 3.05) is 14.2 Å². The van der Waals surface area contributed by atoms with Gasteiger partial charge in [-0.05, 0) is 29.8 Å². The summed E-state index contributed by atoms with van der Waals surface area (Å²) in [5.74, 6) is 0.779. The van der Waals surface area contributed by atoms with Gasteiger partial charge in [-0.3, -0.25) is 4.79 Å². The van der Waals surface area contributed by atoms with E-state index >= 15 is 0 Å². The Morgan fingerprint density at radius 3 is 2.33 bits per heavy atom. The van der Waals surface area contributed by atoms with Gasteiger partial charge in [-0.25, -0.2) is 0 Å². The highest BCUT2D eigenvalue weighted by Gasteiger charge is 2.18. The molecule has 1 N–H and O–H groups in total. The Morgan fingerprint density at radius 1 is 1.06 bits per heavy atom. The van der Waals surface area contributed by atoms with E-state index in [9.17, 15) is 4.79 Å². The number of benzene rings is 3. The maximum absolute atomic E-state index is 12.2. The van der Waals surface area contributed by atoms with Crippen molar-refractivity contribution in [3.8, 4) is 23.3 Å². The van der Waals surface area contributed by atoms with Gasteiger partial charge in [-0.1, -0.05) is 52.6 Å². The second-order valence-electron chi connectivity index (χ2n) is 6.60. The summed E-state index contributed by atoms with van der Waals surface area (Å²) in [5.41, 5.74) is 1.92. The normalized spacial score (nSPS) is 10.8. The minimum absolute atomic E-state index is 0.123. The van der Waals surface area contributed by atoms with Crippen molar-refractivity contribution in [3.63, 3.8) is 0 Å². The minimum atomic E-state index is -0.389. The number of halogens is 2. The van der Waals surface area contributed by atoms with Crippen molar-refractivity contribution in [2.45, 2.75) is 6.61 Å². The number of amides is 1. The van der Waals surface area contributed by atoms with E-state index in [4.69, 9.17) is 42.8 Å². The van der Waals surface area contributed by atoms with Crippen molar-refractivity contribution in [2.24, 2.45) is 5.16 Å². The van der Waals surface area contributed by atoms with Crippen LogP contribution in [-0.2, 0) is 16.2 Å². The predicted molar refractivity (Wildman–Crippen MR) is 126 cm³/mol. The molecule has 0 atom stereocenters. The lowest BCUT2D eigenvalue weighted by molar-refractivity contribution is -0.114. The Kier molecular flexibility index (Phi) is 8.14. The van der Waals surface area contributed by atoms with E-state index in [1.165, 1.54) is 14.2 Å². The maximum Gasteiger partial charge on any atom is 0.273 e. The molecule has 0 fully saturated rings. The fraction of sp³-hybridized carbons (Fsp3) is 0.125. The molecule has 0 aliphatic heterocycles. The van der Waals surface area contributed by atoms with Crippen LogP contribution in [-0.4, -0.2) is 25.8 Å². The van der Waals surface area contributed by atoms with Crippen molar-refractivity contribution < 1.29 is 19.1 Å². The van der Waals surface area contributed by atoms with Gasteiger partial charge in [0, 0.05) is 24.7 Å². The van der Waals surface area contributed by atoms with E-state index in [0.29, 0.717) is 28.2 Å². The Labute approximate surface area is 201 Å². The zero-order chi connectivity index (χ0) is 23.8. The first-order chi connectivity index (χ1) is 16.0. The van der Waals surface area contributed by atoms with Crippen LogP contribution in [0.25, 0.3) is 0 Å². The number of likely N-dealkylation sites (N-methyl/N-ethyl adjacent to an activating group) is 1. The molecule has 168 valence electrons. The molecule has 0 aromatic heterocycles. The van der Waals surface area contributed by atoms with Gasteiger partial charge < -0.3 is 19.6 Å². The molecule has 0 spiro atoms. The number of carbonyl (C=O) groups is 1. The van der Waals surface area contributed by atoms with Crippen LogP contribution >= 0.6 is 23.2 Å². The van der Waals surface area contributed by atoms with Gasteiger partial charge in [0.15, 0.2) is 11.5 Å². The number of hydrogen-bond donors (Lipinski definition) is 1. The van der Waals surface area contributed by atoms with Gasteiger partial charge in [0.1, 0.15) is 25.2 Å². The Balaban J connectivity index is 1.80. The number of carbonyl (C=O) groups excluding carboxylic acids is 1. The molecule has 7 nitrogen and oxygen atoms in total. The summed E-state index contributed by atoms with van der Waals surface area (Å²) < 4.78 is 11.7. The molecule has 9 heteroatoms. The van der Waals surface area contributed by atoms with Crippen LogP contribution in [0.15, 0.2) is 65.8 Å². The summed E-state index contributed by atoms with van der Waals surface area (Å²) in [4.78, 5) is 17.0. The molecule has 0 aliphatic carbocycles. The SMILES string of the molecule is CNC(=O)C(=NOC)c1ccccc1COc1cc(Cl)c(Oc2ccc(C#N)cc2)c(Cl)c1. The summed E-state index contributed by atoms with van der Waals surface area (Å²) in [6, 6.07) is 18.9. The van der Waals surface area contributed by atoms with Gasteiger partial charge in [0.2, 0.25) is 0 Å². The predicted octanol–water partition coefficient (Wildman–Crippen LogP) is 5.33. The third-order valence-electron chi connectivity index (χ3n) is 4.47. The number of oxime groups is 1. The van der Waals surface area contributed by atoms with Crippen molar-refractivity contribution in [1.82, 2.24) is 5.32 Å². The first kappa shape index (κ1) is 23.9. The first-order valence-corrected chi connectivity index (χ1v) is 10.4. The standard InChI is InChI=1S/C24H19Cl2N3O4/c1-28-24(30)22(29-31-2)19-6-4-3-5-16(19)14-32-18-11-20(25)23(21(26)12-18)33-17-9-7-15(13-27)8-10-17/h3-12H,14H2,1-2H3,(H,28,30). The molecule has 0 bridgehead atoms. The third kappa shape index (κ3) is 5.95. The van der Waals surface area contributed by atoms with Crippen LogP contribution in [0.5, 0.6) is 17.2 Å². The smallest absolute Gasteiger partial charge is 0.273 e. The lowest BCUT2D eigenvalue weighted by atomic mass is 10.0. The van der Waals surface area contributed by atoms with Gasteiger partial charge in [-0.2, -0.15) is 5.26 Å². The average molecular weight is 484 g/mol. The lowest BCUT2D eigenvalue weighted by Gasteiger charge is -2.14. The highest BCUT2D eigenvalue weighted by Crippen LogP contribution is 2.39. The zero-order valence-corrected chi connectivity index (χ0v) is 19.3. The van der Waals surface area contributed by atoms with E-state index in [2.05, 4.69) is 10.5 Å². The molecular formula is C24H19Cl2N3O4. The molecular weight excluding hydrogens is 465 g/mol. The lowest BCUT2D eigenvalue weighted by Crippen LogP contribution is -2.29. The minimum Gasteiger partial charge on any atom is -0.489 e. The summed E-state index contributed by atoms with van der Waals surface area (Å²) in [6.45, 7) is 0.123. The van der Waals surface area contributed by atoms with Crippen molar-refractivity contribution in [1.29, 1.82) is 5.26 Å². The van der Waals surface area contributed by atoms with Crippen LogP contribution in [0.1, 0.15) is 16.7 Å². The number of hydrogen-bond acceptors (Lipinski definition) is 6. The fourth-order valence-electron chi connectivity index (χ4n) is 2.89. The second kappa shape index (κ2) is 11.2. The number of nitrogens with zero attached hydrogens (tertiary/aromatic N) is 2.